The monoisotopic (exact) mass is 422 g/mol. The molecule has 0 fully saturated rings. The normalized spacial score (nSPS) is 10.6. The summed E-state index contributed by atoms with van der Waals surface area (Å²) in [6.45, 7) is 6.54. The van der Waals surface area contributed by atoms with Crippen molar-refractivity contribution in [3.63, 3.8) is 0 Å². The molecule has 0 aliphatic rings. The van der Waals surface area contributed by atoms with E-state index in [1.54, 1.807) is 12.1 Å². The van der Waals surface area contributed by atoms with E-state index < -0.39 is 11.9 Å². The first-order valence-electron chi connectivity index (χ1n) is 10.0. The van der Waals surface area contributed by atoms with E-state index in [4.69, 9.17) is 14.2 Å². The van der Waals surface area contributed by atoms with Crippen LogP contribution in [0.1, 0.15) is 45.3 Å². The van der Waals surface area contributed by atoms with E-state index in [0.717, 1.165) is 23.3 Å². The minimum atomic E-state index is -0.681. The Hall–Kier alpha value is -3.61. The van der Waals surface area contributed by atoms with Gasteiger partial charge in [-0.05, 0) is 55.7 Å². The van der Waals surface area contributed by atoms with Crippen molar-refractivity contribution < 1.29 is 23.8 Å². The molecule has 0 amide bonds. The summed E-state index contributed by atoms with van der Waals surface area (Å²) in [7, 11) is 2.53. The molecule has 0 atom stereocenters. The zero-order valence-electron chi connectivity index (χ0n) is 18.4. The van der Waals surface area contributed by atoms with Crippen molar-refractivity contribution in [1.82, 2.24) is 9.78 Å². The van der Waals surface area contributed by atoms with Crippen LogP contribution in [0.5, 0.6) is 5.75 Å². The van der Waals surface area contributed by atoms with Crippen molar-refractivity contribution in [2.75, 3.05) is 20.8 Å². The van der Waals surface area contributed by atoms with Gasteiger partial charge in [-0.25, -0.2) is 14.3 Å². The summed E-state index contributed by atoms with van der Waals surface area (Å²) < 4.78 is 17.2. The summed E-state index contributed by atoms with van der Waals surface area (Å²) in [6.07, 6.45) is 0.900. The van der Waals surface area contributed by atoms with Crippen LogP contribution < -0.4 is 4.74 Å². The second kappa shape index (κ2) is 9.47. The number of hydrogen-bond acceptors (Lipinski definition) is 6. The molecule has 0 aliphatic heterocycles. The van der Waals surface area contributed by atoms with Gasteiger partial charge < -0.3 is 14.2 Å². The van der Waals surface area contributed by atoms with E-state index in [9.17, 15) is 9.59 Å². The lowest BCUT2D eigenvalue weighted by atomic mass is 10.00. The molecule has 7 nitrogen and oxygen atoms in total. The van der Waals surface area contributed by atoms with Crippen molar-refractivity contribution in [2.24, 2.45) is 0 Å². The molecule has 0 saturated heterocycles. The van der Waals surface area contributed by atoms with Crippen LogP contribution in [0.4, 0.5) is 0 Å². The van der Waals surface area contributed by atoms with Crippen LogP contribution >= 0.6 is 0 Å². The minimum Gasteiger partial charge on any atom is -0.493 e. The molecule has 7 heteroatoms. The summed E-state index contributed by atoms with van der Waals surface area (Å²) in [5.41, 5.74) is 3.52. The Bertz CT molecular complexity index is 1080. The number of nitrogens with zero attached hydrogens (tertiary/aromatic N) is 2. The molecule has 2 aromatic carbocycles. The molecule has 1 aromatic heterocycles. The zero-order chi connectivity index (χ0) is 22.5. The van der Waals surface area contributed by atoms with Gasteiger partial charge in [-0.2, -0.15) is 5.10 Å². The van der Waals surface area contributed by atoms with Gasteiger partial charge in [0.15, 0.2) is 5.69 Å². The van der Waals surface area contributed by atoms with Crippen LogP contribution in [-0.2, 0) is 9.47 Å². The Kier molecular flexibility index (Phi) is 6.74. The van der Waals surface area contributed by atoms with Crippen LogP contribution in [0.3, 0.4) is 0 Å². The Morgan fingerprint density at radius 3 is 2.13 bits per heavy atom. The van der Waals surface area contributed by atoms with E-state index in [1.165, 1.54) is 18.9 Å². The number of carbonyl (C=O) groups is 2. The molecule has 0 saturated carbocycles. The summed E-state index contributed by atoms with van der Waals surface area (Å²) in [5.74, 6) is -0.542. The average Bonchev–Trinajstić information content (AvgIpc) is 3.18. The fourth-order valence-corrected chi connectivity index (χ4v) is 3.48. The van der Waals surface area contributed by atoms with Gasteiger partial charge in [-0.3, -0.25) is 0 Å². The summed E-state index contributed by atoms with van der Waals surface area (Å²) in [5, 5.41) is 4.64. The predicted octanol–water partition coefficient (Wildman–Crippen LogP) is 4.52. The first-order chi connectivity index (χ1) is 14.9. The Labute approximate surface area is 181 Å². The first kappa shape index (κ1) is 22.1. The van der Waals surface area contributed by atoms with E-state index in [1.807, 2.05) is 51.1 Å². The topological polar surface area (TPSA) is 79.7 Å². The number of aromatic nitrogens is 2. The van der Waals surface area contributed by atoms with Crippen molar-refractivity contribution in [1.29, 1.82) is 0 Å². The van der Waals surface area contributed by atoms with Crippen LogP contribution in [0.25, 0.3) is 16.9 Å². The average molecular weight is 422 g/mol. The number of aryl methyl sites for hydroxylation is 2. The molecule has 0 spiro atoms. The highest BCUT2D eigenvalue weighted by atomic mass is 16.5. The fraction of sp³-hybridized carbons (Fsp3) is 0.292. The lowest BCUT2D eigenvalue weighted by molar-refractivity contribution is 0.0549. The van der Waals surface area contributed by atoms with Gasteiger partial charge in [0.2, 0.25) is 0 Å². The molecule has 162 valence electrons. The Morgan fingerprint density at radius 1 is 0.968 bits per heavy atom. The van der Waals surface area contributed by atoms with Gasteiger partial charge in [0.05, 0.1) is 26.5 Å². The second-order valence-corrected chi connectivity index (χ2v) is 7.09. The maximum Gasteiger partial charge on any atom is 0.357 e. The lowest BCUT2D eigenvalue weighted by Crippen LogP contribution is -2.15. The molecule has 31 heavy (non-hydrogen) atoms. The second-order valence-electron chi connectivity index (χ2n) is 7.09. The van der Waals surface area contributed by atoms with Crippen LogP contribution in [0, 0.1) is 13.8 Å². The summed E-state index contributed by atoms with van der Waals surface area (Å²) in [6, 6.07) is 12.9. The fourth-order valence-electron chi connectivity index (χ4n) is 3.48. The summed E-state index contributed by atoms with van der Waals surface area (Å²) in [4.78, 5) is 25.5. The number of carbonyl (C=O) groups excluding carboxylic acids is 2. The number of ether oxygens (including phenoxy) is 3. The third kappa shape index (κ3) is 4.30. The van der Waals surface area contributed by atoms with Gasteiger partial charge in [-0.1, -0.05) is 25.1 Å². The highest BCUT2D eigenvalue weighted by molar-refractivity contribution is 6.06. The van der Waals surface area contributed by atoms with Gasteiger partial charge in [0.25, 0.3) is 0 Å². The van der Waals surface area contributed by atoms with E-state index in [2.05, 4.69) is 5.10 Å². The number of methoxy groups -OCH3 is 2. The quantitative estimate of drug-likeness (QED) is 0.521. The maximum atomic E-state index is 12.8. The van der Waals surface area contributed by atoms with Crippen LogP contribution in [-0.4, -0.2) is 42.5 Å². The number of esters is 2. The molecule has 0 bridgehead atoms. The minimum absolute atomic E-state index is 0.0113. The largest absolute Gasteiger partial charge is 0.493 e. The number of benzene rings is 2. The predicted molar refractivity (Wildman–Crippen MR) is 117 cm³/mol. The molecule has 0 N–H and O–H groups in total. The number of para-hydroxylation sites is 1. The SMILES string of the molecule is CCCOc1c(C)cc(-c2nn(-c3ccccc3)c(C(=O)OC)c2C(=O)OC)cc1C. The molecule has 0 radical (unpaired) electrons. The van der Waals surface area contributed by atoms with Crippen molar-refractivity contribution in [2.45, 2.75) is 27.2 Å². The third-order valence-corrected chi connectivity index (χ3v) is 4.84. The highest BCUT2D eigenvalue weighted by Crippen LogP contribution is 2.34. The molecule has 3 rings (SSSR count). The van der Waals surface area contributed by atoms with Crippen molar-refractivity contribution in [3.8, 4) is 22.7 Å². The van der Waals surface area contributed by atoms with E-state index in [0.29, 0.717) is 23.6 Å². The molecule has 0 aliphatic carbocycles. The molecule has 3 aromatic rings. The number of rotatable bonds is 7. The van der Waals surface area contributed by atoms with Crippen molar-refractivity contribution in [3.05, 3.63) is 64.8 Å². The molecular formula is C24H26N2O5. The highest BCUT2D eigenvalue weighted by Gasteiger charge is 2.31. The van der Waals surface area contributed by atoms with Gasteiger partial charge in [0, 0.05) is 5.56 Å². The van der Waals surface area contributed by atoms with Gasteiger partial charge in [0.1, 0.15) is 17.0 Å². The first-order valence-corrected chi connectivity index (χ1v) is 10.0. The molecular weight excluding hydrogens is 396 g/mol. The lowest BCUT2D eigenvalue weighted by Gasteiger charge is -2.13. The Balaban J connectivity index is 2.29. The standard InChI is InChI=1S/C24H26N2O5/c1-6-12-31-22-15(2)13-17(14-16(22)3)20-19(23(27)29-4)21(24(28)30-5)26(25-20)18-10-8-7-9-11-18/h7-11,13-14H,6,12H2,1-5H3. The Morgan fingerprint density at radius 2 is 1.58 bits per heavy atom. The molecule has 0 unspecified atom stereocenters. The van der Waals surface area contributed by atoms with Crippen LogP contribution in [0.2, 0.25) is 0 Å². The zero-order valence-corrected chi connectivity index (χ0v) is 18.4. The van der Waals surface area contributed by atoms with E-state index in [-0.39, 0.29) is 11.3 Å². The summed E-state index contributed by atoms with van der Waals surface area (Å²) >= 11 is 0. The smallest absolute Gasteiger partial charge is 0.357 e. The van der Waals surface area contributed by atoms with Crippen LogP contribution in [0.15, 0.2) is 42.5 Å². The molecule has 1 heterocycles. The van der Waals surface area contributed by atoms with E-state index >= 15 is 0 Å². The van der Waals surface area contributed by atoms with Crippen molar-refractivity contribution >= 4 is 11.9 Å². The van der Waals surface area contributed by atoms with Gasteiger partial charge in [-0.15, -0.1) is 0 Å². The number of hydrogen-bond donors (Lipinski definition) is 0. The maximum absolute atomic E-state index is 12.8. The van der Waals surface area contributed by atoms with Gasteiger partial charge >= 0.3 is 11.9 Å². The third-order valence-electron chi connectivity index (χ3n) is 4.84.